The summed E-state index contributed by atoms with van der Waals surface area (Å²) >= 11 is 3.43. The number of carbonyl (C=O) groups is 1. The lowest BCUT2D eigenvalue weighted by Gasteiger charge is -2.09. The molecule has 0 aliphatic carbocycles. The Hall–Kier alpha value is -1.88. The molecule has 0 radical (unpaired) electrons. The molecule has 2 rings (SSSR count). The number of halogens is 1. The summed E-state index contributed by atoms with van der Waals surface area (Å²) in [4.78, 5) is 14.8. The molecule has 0 aliphatic rings. The van der Waals surface area contributed by atoms with Gasteiger partial charge in [-0.05, 0) is 52.7 Å². The van der Waals surface area contributed by atoms with Gasteiger partial charge >= 0.3 is 5.97 Å². The van der Waals surface area contributed by atoms with Gasteiger partial charge in [-0.1, -0.05) is 12.1 Å². The molecule has 2 aromatic rings. The molecule has 0 spiro atoms. The highest BCUT2D eigenvalue weighted by molar-refractivity contribution is 9.10. The minimum Gasteiger partial charge on any atom is -0.477 e. The van der Waals surface area contributed by atoms with Gasteiger partial charge in [0.1, 0.15) is 5.82 Å². The first-order valence-corrected chi connectivity index (χ1v) is 6.09. The second kappa shape index (κ2) is 5.18. The van der Waals surface area contributed by atoms with Crippen molar-refractivity contribution in [1.82, 2.24) is 4.98 Å². The molecule has 0 aliphatic heterocycles. The maximum absolute atomic E-state index is 10.8. The van der Waals surface area contributed by atoms with Crippen molar-refractivity contribution in [2.24, 2.45) is 0 Å². The fourth-order valence-electron chi connectivity index (χ4n) is 1.50. The predicted molar refractivity (Wildman–Crippen MR) is 73.4 cm³/mol. The van der Waals surface area contributed by atoms with Crippen molar-refractivity contribution in [1.29, 1.82) is 0 Å². The van der Waals surface area contributed by atoms with E-state index in [0.717, 1.165) is 15.7 Å². The highest BCUT2D eigenvalue weighted by Crippen LogP contribution is 2.26. The Morgan fingerprint density at radius 3 is 2.83 bits per heavy atom. The van der Waals surface area contributed by atoms with Crippen LogP contribution in [-0.4, -0.2) is 16.1 Å². The Bertz CT molecular complexity index is 599. The van der Waals surface area contributed by atoms with E-state index in [1.54, 1.807) is 12.1 Å². The van der Waals surface area contributed by atoms with Gasteiger partial charge in [0.15, 0.2) is 5.69 Å². The van der Waals surface area contributed by atoms with Gasteiger partial charge in [-0.25, -0.2) is 9.78 Å². The molecule has 1 heterocycles. The largest absolute Gasteiger partial charge is 0.477 e. The van der Waals surface area contributed by atoms with Crippen LogP contribution in [0.2, 0.25) is 0 Å². The van der Waals surface area contributed by atoms with Crippen LogP contribution in [0.25, 0.3) is 0 Å². The zero-order chi connectivity index (χ0) is 13.1. The number of pyridine rings is 1. The number of hydrogen-bond acceptors (Lipinski definition) is 3. The van der Waals surface area contributed by atoms with E-state index in [1.807, 2.05) is 25.1 Å². The standard InChI is InChI=1S/C13H11BrN2O2/c1-8-5-6-9(14)11(7-8)16-12-4-2-3-10(15-12)13(17)18/h2-7H,1H3,(H,15,16)(H,17,18). The van der Waals surface area contributed by atoms with Crippen LogP contribution in [0.15, 0.2) is 40.9 Å². The van der Waals surface area contributed by atoms with E-state index in [0.29, 0.717) is 5.82 Å². The molecule has 0 bridgehead atoms. The number of carboxylic acids is 1. The van der Waals surface area contributed by atoms with Crippen molar-refractivity contribution >= 4 is 33.4 Å². The van der Waals surface area contributed by atoms with Gasteiger partial charge < -0.3 is 10.4 Å². The fraction of sp³-hybridized carbons (Fsp3) is 0.0769. The van der Waals surface area contributed by atoms with Crippen molar-refractivity contribution in [2.75, 3.05) is 5.32 Å². The summed E-state index contributed by atoms with van der Waals surface area (Å²) in [6, 6.07) is 10.7. The van der Waals surface area contributed by atoms with E-state index >= 15 is 0 Å². The van der Waals surface area contributed by atoms with Crippen LogP contribution in [-0.2, 0) is 0 Å². The Morgan fingerprint density at radius 2 is 2.11 bits per heavy atom. The molecule has 0 saturated heterocycles. The van der Waals surface area contributed by atoms with Gasteiger partial charge in [-0.2, -0.15) is 0 Å². The monoisotopic (exact) mass is 306 g/mol. The number of anilines is 2. The molecule has 0 saturated carbocycles. The Labute approximate surface area is 113 Å². The summed E-state index contributed by atoms with van der Waals surface area (Å²) in [5, 5.41) is 12.0. The van der Waals surface area contributed by atoms with E-state index in [-0.39, 0.29) is 5.69 Å². The van der Waals surface area contributed by atoms with E-state index in [2.05, 4.69) is 26.2 Å². The van der Waals surface area contributed by atoms with Gasteiger partial charge in [0, 0.05) is 4.47 Å². The maximum Gasteiger partial charge on any atom is 0.354 e. The molecular weight excluding hydrogens is 296 g/mol. The zero-order valence-electron chi connectivity index (χ0n) is 9.64. The predicted octanol–water partition coefficient (Wildman–Crippen LogP) is 3.59. The van der Waals surface area contributed by atoms with Crippen LogP contribution in [0, 0.1) is 6.92 Å². The third-order valence-electron chi connectivity index (χ3n) is 2.35. The van der Waals surface area contributed by atoms with Crippen molar-refractivity contribution in [2.45, 2.75) is 6.92 Å². The number of nitrogens with one attached hydrogen (secondary N) is 1. The van der Waals surface area contributed by atoms with E-state index < -0.39 is 5.97 Å². The summed E-state index contributed by atoms with van der Waals surface area (Å²) < 4.78 is 0.899. The Kier molecular flexibility index (Phi) is 3.62. The molecule has 0 amide bonds. The molecular formula is C13H11BrN2O2. The topological polar surface area (TPSA) is 62.2 Å². The molecule has 1 aromatic carbocycles. The third-order valence-corrected chi connectivity index (χ3v) is 3.04. The Morgan fingerprint density at radius 1 is 1.33 bits per heavy atom. The number of aromatic carboxylic acids is 1. The summed E-state index contributed by atoms with van der Waals surface area (Å²) in [7, 11) is 0. The maximum atomic E-state index is 10.8. The van der Waals surface area contributed by atoms with Gasteiger partial charge in [0.25, 0.3) is 0 Å². The number of hydrogen-bond donors (Lipinski definition) is 2. The Balaban J connectivity index is 2.31. The molecule has 92 valence electrons. The molecule has 18 heavy (non-hydrogen) atoms. The van der Waals surface area contributed by atoms with E-state index in [9.17, 15) is 4.79 Å². The normalized spacial score (nSPS) is 10.1. The number of carboxylic acid groups (broad SMARTS) is 1. The lowest BCUT2D eigenvalue weighted by molar-refractivity contribution is 0.0690. The van der Waals surface area contributed by atoms with Crippen LogP contribution < -0.4 is 5.32 Å². The smallest absolute Gasteiger partial charge is 0.354 e. The van der Waals surface area contributed by atoms with Gasteiger partial charge in [-0.15, -0.1) is 0 Å². The number of rotatable bonds is 3. The third kappa shape index (κ3) is 2.87. The highest BCUT2D eigenvalue weighted by atomic mass is 79.9. The van der Waals surface area contributed by atoms with Gasteiger partial charge in [-0.3, -0.25) is 0 Å². The number of aromatic nitrogens is 1. The van der Waals surface area contributed by atoms with Crippen molar-refractivity contribution < 1.29 is 9.90 Å². The van der Waals surface area contributed by atoms with E-state index in [1.165, 1.54) is 6.07 Å². The quantitative estimate of drug-likeness (QED) is 0.909. The number of aryl methyl sites for hydroxylation is 1. The molecule has 0 fully saturated rings. The first kappa shape index (κ1) is 12.6. The number of nitrogens with zero attached hydrogens (tertiary/aromatic N) is 1. The lowest BCUT2D eigenvalue weighted by Crippen LogP contribution is -2.02. The van der Waals surface area contributed by atoms with Crippen molar-refractivity contribution in [3.63, 3.8) is 0 Å². The molecule has 2 N–H and O–H groups in total. The van der Waals surface area contributed by atoms with Crippen LogP contribution in [0.5, 0.6) is 0 Å². The van der Waals surface area contributed by atoms with Gasteiger partial charge in [0.2, 0.25) is 0 Å². The second-order valence-electron chi connectivity index (χ2n) is 3.82. The molecule has 0 unspecified atom stereocenters. The first-order valence-electron chi connectivity index (χ1n) is 5.30. The summed E-state index contributed by atoms with van der Waals surface area (Å²) in [6.45, 7) is 1.98. The zero-order valence-corrected chi connectivity index (χ0v) is 11.2. The molecule has 0 atom stereocenters. The average molecular weight is 307 g/mol. The first-order chi connectivity index (χ1) is 8.56. The van der Waals surface area contributed by atoms with Crippen LogP contribution in [0.4, 0.5) is 11.5 Å². The number of benzene rings is 1. The second-order valence-corrected chi connectivity index (χ2v) is 4.68. The summed E-state index contributed by atoms with van der Waals surface area (Å²) in [5.74, 6) is -0.539. The van der Waals surface area contributed by atoms with Crippen LogP contribution in [0.3, 0.4) is 0 Å². The van der Waals surface area contributed by atoms with Gasteiger partial charge in [0.05, 0.1) is 5.69 Å². The fourth-order valence-corrected chi connectivity index (χ4v) is 1.84. The molecule has 4 nitrogen and oxygen atoms in total. The highest BCUT2D eigenvalue weighted by Gasteiger charge is 2.06. The molecule has 5 heteroatoms. The van der Waals surface area contributed by atoms with Crippen molar-refractivity contribution in [3.8, 4) is 0 Å². The van der Waals surface area contributed by atoms with Crippen LogP contribution in [0.1, 0.15) is 16.1 Å². The van der Waals surface area contributed by atoms with Crippen molar-refractivity contribution in [3.05, 3.63) is 52.1 Å². The summed E-state index contributed by atoms with van der Waals surface area (Å²) in [6.07, 6.45) is 0. The van der Waals surface area contributed by atoms with E-state index in [4.69, 9.17) is 5.11 Å². The minimum atomic E-state index is -1.04. The van der Waals surface area contributed by atoms with Crippen LogP contribution >= 0.6 is 15.9 Å². The summed E-state index contributed by atoms with van der Waals surface area (Å²) in [5.41, 5.74) is 1.98. The molecule has 1 aromatic heterocycles. The lowest BCUT2D eigenvalue weighted by atomic mass is 10.2. The minimum absolute atomic E-state index is 0.0174. The SMILES string of the molecule is Cc1ccc(Br)c(Nc2cccc(C(=O)O)n2)c1. The average Bonchev–Trinajstić information content (AvgIpc) is 2.34.